The van der Waals surface area contributed by atoms with Gasteiger partial charge in [0.05, 0.1) is 40.5 Å². The van der Waals surface area contributed by atoms with Crippen LogP contribution in [0, 0.1) is 5.92 Å². The van der Waals surface area contributed by atoms with Crippen molar-refractivity contribution in [3.8, 4) is 23.0 Å². The summed E-state index contributed by atoms with van der Waals surface area (Å²) in [6.07, 6.45) is 2.23. The molecule has 1 unspecified atom stereocenters. The molecule has 2 aromatic rings. The molecular formula is C24H30O6. The highest BCUT2D eigenvalue weighted by atomic mass is 16.5. The van der Waals surface area contributed by atoms with Crippen LogP contribution in [0.1, 0.15) is 36.8 Å². The van der Waals surface area contributed by atoms with Gasteiger partial charge in [-0.2, -0.15) is 0 Å². The number of hydrogen-bond donors (Lipinski definition) is 0. The first-order valence-corrected chi connectivity index (χ1v) is 10.3. The minimum Gasteiger partial charge on any atom is -0.493 e. The van der Waals surface area contributed by atoms with Gasteiger partial charge < -0.3 is 23.7 Å². The van der Waals surface area contributed by atoms with E-state index in [9.17, 15) is 4.79 Å². The fourth-order valence-corrected chi connectivity index (χ4v) is 3.77. The molecule has 1 aliphatic rings. The molecule has 0 saturated carbocycles. The molecule has 6 heteroatoms. The Labute approximate surface area is 178 Å². The van der Waals surface area contributed by atoms with E-state index in [4.69, 9.17) is 23.7 Å². The first-order chi connectivity index (χ1) is 14.6. The molecule has 3 rings (SSSR count). The molecule has 2 atom stereocenters. The normalized spacial score (nSPS) is 18.5. The Bertz CT molecular complexity index is 863. The molecule has 30 heavy (non-hydrogen) atoms. The molecule has 1 aliphatic heterocycles. The van der Waals surface area contributed by atoms with E-state index >= 15 is 0 Å². The van der Waals surface area contributed by atoms with Crippen LogP contribution in [0.25, 0.3) is 0 Å². The Morgan fingerprint density at radius 2 is 1.63 bits per heavy atom. The van der Waals surface area contributed by atoms with Crippen molar-refractivity contribution in [2.24, 2.45) is 5.92 Å². The van der Waals surface area contributed by atoms with Gasteiger partial charge in [0.1, 0.15) is 0 Å². The van der Waals surface area contributed by atoms with E-state index in [1.54, 1.807) is 21.3 Å². The number of carbonyl (C=O) groups excluding carboxylic acids is 1. The van der Waals surface area contributed by atoms with E-state index in [2.05, 4.69) is 6.92 Å². The number of methoxy groups -OCH3 is 3. The Hall–Kier alpha value is -2.89. The number of ether oxygens (including phenoxy) is 5. The Morgan fingerprint density at radius 1 is 0.933 bits per heavy atom. The maximum absolute atomic E-state index is 12.4. The second-order valence-electron chi connectivity index (χ2n) is 7.41. The topological polar surface area (TPSA) is 63.2 Å². The van der Waals surface area contributed by atoms with Crippen molar-refractivity contribution in [1.29, 1.82) is 0 Å². The molecular weight excluding hydrogens is 384 g/mol. The van der Waals surface area contributed by atoms with Crippen LogP contribution in [0.15, 0.2) is 36.4 Å². The highest BCUT2D eigenvalue weighted by Crippen LogP contribution is 2.37. The van der Waals surface area contributed by atoms with Crippen molar-refractivity contribution in [1.82, 2.24) is 0 Å². The van der Waals surface area contributed by atoms with Crippen LogP contribution < -0.4 is 18.9 Å². The third kappa shape index (κ3) is 4.99. The lowest BCUT2D eigenvalue weighted by molar-refractivity contribution is -0.154. The molecule has 1 saturated heterocycles. The molecule has 1 heterocycles. The minimum absolute atomic E-state index is 0.113. The second kappa shape index (κ2) is 10.2. The molecule has 6 nitrogen and oxygen atoms in total. The van der Waals surface area contributed by atoms with Crippen LogP contribution in [0.5, 0.6) is 23.0 Å². The fourth-order valence-electron chi connectivity index (χ4n) is 3.77. The summed E-state index contributed by atoms with van der Waals surface area (Å²) in [4.78, 5) is 12.4. The van der Waals surface area contributed by atoms with Crippen LogP contribution in [0.2, 0.25) is 0 Å². The van der Waals surface area contributed by atoms with Gasteiger partial charge in [0.2, 0.25) is 0 Å². The molecule has 0 spiro atoms. The largest absolute Gasteiger partial charge is 0.493 e. The lowest BCUT2D eigenvalue weighted by Gasteiger charge is -2.29. The van der Waals surface area contributed by atoms with Gasteiger partial charge in [0.25, 0.3) is 0 Å². The summed E-state index contributed by atoms with van der Waals surface area (Å²) in [7, 11) is 4.86. The van der Waals surface area contributed by atoms with Gasteiger partial charge in [0.15, 0.2) is 23.0 Å². The predicted molar refractivity (Wildman–Crippen MR) is 114 cm³/mol. The molecule has 0 aromatic heterocycles. The molecule has 0 aliphatic carbocycles. The Morgan fingerprint density at radius 3 is 2.33 bits per heavy atom. The highest BCUT2D eigenvalue weighted by molar-refractivity contribution is 5.74. The standard InChI is InChI=1S/C24H30O6/c1-5-10-29-21-8-6-16(12-22(21)27-3)11-18-13-19(15-30-24(18)25)17-7-9-20(26-2)23(14-17)28-4/h6-9,12,14,18-19H,5,10-11,13,15H2,1-4H3/t18?,19-/m1/s1. The highest BCUT2D eigenvalue weighted by Gasteiger charge is 2.32. The second-order valence-corrected chi connectivity index (χ2v) is 7.41. The zero-order valence-corrected chi connectivity index (χ0v) is 18.1. The number of benzene rings is 2. The van der Waals surface area contributed by atoms with Crippen LogP contribution >= 0.6 is 0 Å². The van der Waals surface area contributed by atoms with Crippen LogP contribution in [0.4, 0.5) is 0 Å². The van der Waals surface area contributed by atoms with E-state index in [0.717, 1.165) is 23.3 Å². The summed E-state index contributed by atoms with van der Waals surface area (Å²) in [5, 5.41) is 0. The summed E-state index contributed by atoms with van der Waals surface area (Å²) in [5.41, 5.74) is 2.09. The average molecular weight is 414 g/mol. The first-order valence-electron chi connectivity index (χ1n) is 10.3. The molecule has 162 valence electrons. The van der Waals surface area contributed by atoms with Crippen LogP contribution in [-0.2, 0) is 16.0 Å². The van der Waals surface area contributed by atoms with E-state index in [1.807, 2.05) is 36.4 Å². The van der Waals surface area contributed by atoms with E-state index < -0.39 is 0 Å². The van der Waals surface area contributed by atoms with Gasteiger partial charge >= 0.3 is 5.97 Å². The number of rotatable bonds is 9. The van der Waals surface area contributed by atoms with Gasteiger partial charge in [0, 0.05) is 5.92 Å². The van der Waals surface area contributed by atoms with Crippen molar-refractivity contribution >= 4 is 5.97 Å². The van der Waals surface area contributed by atoms with Gasteiger partial charge in [-0.25, -0.2) is 0 Å². The average Bonchev–Trinajstić information content (AvgIpc) is 2.79. The van der Waals surface area contributed by atoms with Crippen LogP contribution in [-0.4, -0.2) is 40.5 Å². The zero-order chi connectivity index (χ0) is 21.5. The lowest BCUT2D eigenvalue weighted by atomic mass is 9.84. The van der Waals surface area contributed by atoms with E-state index in [1.165, 1.54) is 0 Å². The summed E-state index contributed by atoms with van der Waals surface area (Å²) in [6, 6.07) is 11.7. The molecule has 0 N–H and O–H groups in total. The Balaban J connectivity index is 1.74. The molecule has 0 amide bonds. The van der Waals surface area contributed by atoms with E-state index in [0.29, 0.717) is 43.3 Å². The molecule has 2 aromatic carbocycles. The van der Waals surface area contributed by atoms with Crippen molar-refractivity contribution in [2.75, 3.05) is 34.5 Å². The van der Waals surface area contributed by atoms with Gasteiger partial charge in [-0.1, -0.05) is 19.1 Å². The third-order valence-electron chi connectivity index (χ3n) is 5.38. The van der Waals surface area contributed by atoms with Crippen molar-refractivity contribution in [2.45, 2.75) is 32.1 Å². The maximum atomic E-state index is 12.4. The SMILES string of the molecule is CCCOc1ccc(CC2C[C@@H](c3ccc(OC)c(OC)c3)COC2=O)cc1OC. The van der Waals surface area contributed by atoms with E-state index in [-0.39, 0.29) is 17.8 Å². The first kappa shape index (κ1) is 21.8. The summed E-state index contributed by atoms with van der Waals surface area (Å²) in [6.45, 7) is 3.07. The fraction of sp³-hybridized carbons (Fsp3) is 0.458. The number of hydrogen-bond acceptors (Lipinski definition) is 6. The molecule has 0 radical (unpaired) electrons. The number of carbonyl (C=O) groups is 1. The minimum atomic E-state index is -0.219. The summed E-state index contributed by atoms with van der Waals surface area (Å²) in [5.74, 6) is 2.50. The Kier molecular flexibility index (Phi) is 7.44. The summed E-state index contributed by atoms with van der Waals surface area (Å²) >= 11 is 0. The number of esters is 1. The van der Waals surface area contributed by atoms with Gasteiger partial charge in [-0.3, -0.25) is 4.79 Å². The quantitative estimate of drug-likeness (QED) is 0.567. The smallest absolute Gasteiger partial charge is 0.309 e. The predicted octanol–water partition coefficient (Wildman–Crippen LogP) is 4.39. The van der Waals surface area contributed by atoms with Crippen LogP contribution in [0.3, 0.4) is 0 Å². The van der Waals surface area contributed by atoms with Gasteiger partial charge in [-0.15, -0.1) is 0 Å². The van der Waals surface area contributed by atoms with Crippen molar-refractivity contribution < 1.29 is 28.5 Å². The molecule has 0 bridgehead atoms. The molecule has 1 fully saturated rings. The van der Waals surface area contributed by atoms with Crippen molar-refractivity contribution in [3.05, 3.63) is 47.5 Å². The monoisotopic (exact) mass is 414 g/mol. The zero-order valence-electron chi connectivity index (χ0n) is 18.1. The summed E-state index contributed by atoms with van der Waals surface area (Å²) < 4.78 is 27.5. The third-order valence-corrected chi connectivity index (χ3v) is 5.38. The van der Waals surface area contributed by atoms with Crippen molar-refractivity contribution in [3.63, 3.8) is 0 Å². The maximum Gasteiger partial charge on any atom is 0.309 e. The number of cyclic esters (lactones) is 1. The lowest BCUT2D eigenvalue weighted by Crippen LogP contribution is -2.30. The van der Waals surface area contributed by atoms with Gasteiger partial charge in [-0.05, 0) is 54.7 Å².